The van der Waals surface area contributed by atoms with E-state index in [1.165, 1.54) is 12.8 Å². The number of amides is 1. The molecule has 3 aromatic rings. The molecule has 1 saturated carbocycles. The summed E-state index contributed by atoms with van der Waals surface area (Å²) in [7, 11) is 0. The number of carboxylic acid groups (broad SMARTS) is 1. The first-order chi connectivity index (χ1) is 21.3. The second kappa shape index (κ2) is 12.7. The van der Waals surface area contributed by atoms with Crippen molar-refractivity contribution in [1.82, 2.24) is 4.90 Å². The number of carbonyl (C=O) groups excluding carboxylic acids is 1. The Labute approximate surface area is 263 Å². The largest absolute Gasteiger partial charge is 0.493 e. The molecule has 9 heteroatoms. The number of carboxylic acids is 1. The van der Waals surface area contributed by atoms with Gasteiger partial charge in [0, 0.05) is 29.2 Å². The zero-order valence-corrected chi connectivity index (χ0v) is 26.2. The fourth-order valence-corrected chi connectivity index (χ4v) is 6.97. The number of nitrogens with one attached hydrogen (secondary N) is 1. The van der Waals surface area contributed by atoms with Crippen LogP contribution < -0.4 is 19.5 Å². The van der Waals surface area contributed by atoms with Gasteiger partial charge in [-0.25, -0.2) is 0 Å². The zero-order chi connectivity index (χ0) is 31.0. The average molecular weight is 619 g/mol. The maximum atomic E-state index is 13.7. The van der Waals surface area contributed by atoms with E-state index < -0.39 is 17.9 Å². The van der Waals surface area contributed by atoms with Crippen LogP contribution in [0.3, 0.4) is 0 Å². The highest BCUT2D eigenvalue weighted by atomic mass is 35.5. The molecule has 1 saturated heterocycles. The van der Waals surface area contributed by atoms with Crippen LogP contribution in [0.2, 0.25) is 5.02 Å². The Bertz CT molecular complexity index is 1530. The second-order valence-corrected chi connectivity index (χ2v) is 12.5. The molecule has 0 unspecified atom stereocenters. The number of benzene rings is 3. The Morgan fingerprint density at radius 3 is 2.39 bits per heavy atom. The van der Waals surface area contributed by atoms with Crippen molar-refractivity contribution in [1.29, 1.82) is 0 Å². The molecule has 0 aromatic heterocycles. The molecule has 2 N–H and O–H groups in total. The molecule has 8 nitrogen and oxygen atoms in total. The Morgan fingerprint density at radius 1 is 1.05 bits per heavy atom. The fraction of sp³-hybridized carbons (Fsp3) is 0.429. The smallest absolute Gasteiger partial charge is 0.309 e. The number of aryl methyl sites for hydroxylation is 2. The van der Waals surface area contributed by atoms with E-state index in [0.717, 1.165) is 52.1 Å². The third kappa shape index (κ3) is 6.10. The van der Waals surface area contributed by atoms with E-state index in [2.05, 4.69) is 5.32 Å². The number of fused-ring (bicyclic) bond motifs is 1. The first-order valence-electron chi connectivity index (χ1n) is 15.5. The lowest BCUT2D eigenvalue weighted by Crippen LogP contribution is -2.35. The van der Waals surface area contributed by atoms with Crippen molar-refractivity contribution in [2.75, 3.05) is 31.8 Å². The van der Waals surface area contributed by atoms with E-state index in [0.29, 0.717) is 35.6 Å². The van der Waals surface area contributed by atoms with Gasteiger partial charge in [0.15, 0.2) is 11.5 Å². The average Bonchev–Trinajstić information content (AvgIpc) is 3.58. The van der Waals surface area contributed by atoms with E-state index in [-0.39, 0.29) is 25.2 Å². The van der Waals surface area contributed by atoms with Crippen LogP contribution in [0.4, 0.5) is 5.69 Å². The molecule has 2 aliphatic heterocycles. The van der Waals surface area contributed by atoms with Crippen molar-refractivity contribution in [3.63, 3.8) is 0 Å². The van der Waals surface area contributed by atoms with E-state index >= 15 is 0 Å². The first-order valence-corrected chi connectivity index (χ1v) is 15.8. The molecule has 1 aliphatic carbocycles. The molecule has 0 bridgehead atoms. The van der Waals surface area contributed by atoms with Crippen LogP contribution in [0, 0.1) is 18.8 Å². The molecule has 0 radical (unpaired) electrons. The fourth-order valence-electron chi connectivity index (χ4n) is 6.70. The summed E-state index contributed by atoms with van der Waals surface area (Å²) >= 11 is 6.36. The number of halogens is 1. The summed E-state index contributed by atoms with van der Waals surface area (Å²) in [5.74, 6) is 0.423. The Kier molecular flexibility index (Phi) is 8.74. The first kappa shape index (κ1) is 30.3. The second-order valence-electron chi connectivity index (χ2n) is 12.0. The molecular weight excluding hydrogens is 580 g/mol. The van der Waals surface area contributed by atoms with Crippen LogP contribution in [-0.4, -0.2) is 48.4 Å². The van der Waals surface area contributed by atoms with Gasteiger partial charge in [0.25, 0.3) is 0 Å². The van der Waals surface area contributed by atoms with Crippen LogP contribution in [-0.2, 0) is 22.4 Å². The maximum Gasteiger partial charge on any atom is 0.309 e. The van der Waals surface area contributed by atoms with Crippen LogP contribution in [0.25, 0.3) is 0 Å². The topological polar surface area (TPSA) is 97.3 Å². The number of nitrogens with zero attached hydrogens (tertiary/aromatic N) is 1. The van der Waals surface area contributed by atoms with E-state index in [9.17, 15) is 14.7 Å². The van der Waals surface area contributed by atoms with Crippen molar-refractivity contribution >= 4 is 29.2 Å². The number of hydrogen-bond acceptors (Lipinski definition) is 6. The predicted molar refractivity (Wildman–Crippen MR) is 169 cm³/mol. The van der Waals surface area contributed by atoms with Gasteiger partial charge in [0.1, 0.15) is 5.75 Å². The van der Waals surface area contributed by atoms with Crippen molar-refractivity contribution in [2.24, 2.45) is 11.8 Å². The molecule has 0 spiro atoms. The maximum absolute atomic E-state index is 13.7. The van der Waals surface area contributed by atoms with E-state index in [1.54, 1.807) is 0 Å². The van der Waals surface area contributed by atoms with Gasteiger partial charge in [0.05, 0.1) is 19.1 Å². The summed E-state index contributed by atoms with van der Waals surface area (Å²) in [6, 6.07) is 14.7. The third-order valence-electron chi connectivity index (χ3n) is 9.16. The quantitative estimate of drug-likeness (QED) is 0.245. The Morgan fingerprint density at radius 2 is 1.75 bits per heavy atom. The van der Waals surface area contributed by atoms with Crippen LogP contribution in [0.1, 0.15) is 66.5 Å². The summed E-state index contributed by atoms with van der Waals surface area (Å²) in [6.07, 6.45) is 3.84. The predicted octanol–water partition coefficient (Wildman–Crippen LogP) is 6.77. The standard InChI is InChI=1S/C35H39ClN2O6/c1-4-22-14-25(36)15-23(5-2)32(22)37-30(39)17-38-16-28(27-12-13-29-34(20(27)3)44-19-43-29)31(35(40)41)33(38)24-8-10-26(11-9-24)42-18-21-6-7-21/h8-15,21,28,31,33H,4-7,16-19H2,1-3H3,(H,37,39)(H,40,41)/t28-,31-,33+/m1/s1. The minimum absolute atomic E-state index is 0.0312. The molecule has 2 heterocycles. The molecule has 1 amide bonds. The van der Waals surface area contributed by atoms with Gasteiger partial charge in [-0.2, -0.15) is 0 Å². The summed E-state index contributed by atoms with van der Waals surface area (Å²) in [6.45, 7) is 7.26. The number of carbonyl (C=O) groups is 2. The summed E-state index contributed by atoms with van der Waals surface area (Å²) < 4.78 is 17.2. The molecular formula is C35H39ClN2O6. The minimum atomic E-state index is -0.909. The Balaban J connectivity index is 1.33. The highest BCUT2D eigenvalue weighted by Crippen LogP contribution is 2.49. The van der Waals surface area contributed by atoms with Gasteiger partial charge in [0.2, 0.25) is 12.7 Å². The SMILES string of the molecule is CCc1cc(Cl)cc(CC)c1NC(=O)CN1C[C@H](c2ccc3c(c2C)OCO3)[C@@H](C(=O)O)[C@@H]1c1ccc(OCC2CC2)cc1. The third-order valence-corrected chi connectivity index (χ3v) is 9.37. The molecule has 3 atom stereocenters. The van der Waals surface area contributed by atoms with Crippen LogP contribution in [0.5, 0.6) is 17.2 Å². The van der Waals surface area contributed by atoms with Crippen molar-refractivity contribution in [3.05, 3.63) is 81.4 Å². The van der Waals surface area contributed by atoms with Gasteiger partial charge < -0.3 is 24.6 Å². The lowest BCUT2D eigenvalue weighted by molar-refractivity contribution is -0.143. The van der Waals surface area contributed by atoms with Gasteiger partial charge in [-0.3, -0.25) is 14.5 Å². The normalized spacial score (nSPS) is 21.0. The van der Waals surface area contributed by atoms with Crippen molar-refractivity contribution < 1.29 is 28.9 Å². The lowest BCUT2D eigenvalue weighted by atomic mass is 9.81. The molecule has 2 fully saturated rings. The summed E-state index contributed by atoms with van der Waals surface area (Å²) in [5, 5.41) is 14.5. The van der Waals surface area contributed by atoms with Gasteiger partial charge in [-0.1, -0.05) is 43.6 Å². The zero-order valence-electron chi connectivity index (χ0n) is 25.4. The number of hydrogen-bond donors (Lipinski definition) is 2. The van der Waals surface area contributed by atoms with Crippen LogP contribution in [0.15, 0.2) is 48.5 Å². The number of rotatable bonds is 11. The molecule has 3 aliphatic rings. The number of aliphatic carboxylic acids is 1. The van der Waals surface area contributed by atoms with E-state index in [1.807, 2.05) is 74.2 Å². The summed E-state index contributed by atoms with van der Waals surface area (Å²) in [4.78, 5) is 28.8. The van der Waals surface area contributed by atoms with Crippen molar-refractivity contribution in [3.8, 4) is 17.2 Å². The summed E-state index contributed by atoms with van der Waals surface area (Å²) in [5.41, 5.74) is 5.32. The number of anilines is 1. The molecule has 6 rings (SSSR count). The molecule has 3 aromatic carbocycles. The van der Waals surface area contributed by atoms with Gasteiger partial charge in [-0.15, -0.1) is 0 Å². The van der Waals surface area contributed by atoms with E-state index in [4.69, 9.17) is 25.8 Å². The number of ether oxygens (including phenoxy) is 3. The lowest BCUT2D eigenvalue weighted by Gasteiger charge is -2.27. The number of likely N-dealkylation sites (tertiary alicyclic amines) is 1. The molecule has 44 heavy (non-hydrogen) atoms. The van der Waals surface area contributed by atoms with Gasteiger partial charge in [-0.05, 0) is 96.7 Å². The van der Waals surface area contributed by atoms with Crippen LogP contribution >= 0.6 is 11.6 Å². The molecule has 232 valence electrons. The van der Waals surface area contributed by atoms with Gasteiger partial charge >= 0.3 is 5.97 Å². The monoisotopic (exact) mass is 618 g/mol. The Hall–Kier alpha value is -3.75. The highest BCUT2D eigenvalue weighted by Gasteiger charge is 2.48. The minimum Gasteiger partial charge on any atom is -0.493 e. The highest BCUT2D eigenvalue weighted by molar-refractivity contribution is 6.30. The van der Waals surface area contributed by atoms with Crippen molar-refractivity contribution in [2.45, 2.75) is 58.4 Å².